The van der Waals surface area contributed by atoms with Crippen LogP contribution in [0.4, 0.5) is 0 Å². The molecule has 2 aromatic rings. The summed E-state index contributed by atoms with van der Waals surface area (Å²) in [7, 11) is 0. The van der Waals surface area contributed by atoms with Gasteiger partial charge in [0.15, 0.2) is 0 Å². The van der Waals surface area contributed by atoms with Gasteiger partial charge in [-0.2, -0.15) is 0 Å². The average Bonchev–Trinajstić information content (AvgIpc) is 2.43. The van der Waals surface area contributed by atoms with Crippen molar-refractivity contribution in [1.29, 1.82) is 0 Å². The Labute approximate surface area is 109 Å². The Hall–Kier alpha value is -1.64. The van der Waals surface area contributed by atoms with Crippen LogP contribution in [0.1, 0.15) is 30.9 Å². The molecule has 0 aliphatic heterocycles. The van der Waals surface area contributed by atoms with Gasteiger partial charge in [0.2, 0.25) is 0 Å². The van der Waals surface area contributed by atoms with Gasteiger partial charge < -0.3 is 0 Å². The first-order valence-electron chi connectivity index (χ1n) is 5.96. The van der Waals surface area contributed by atoms with E-state index in [1.54, 1.807) is 0 Å². The zero-order chi connectivity index (χ0) is 13.8. The molecule has 2 rings (SSSR count). The molecule has 0 radical (unpaired) electrons. The Morgan fingerprint density at radius 2 is 1.11 bits per heavy atom. The van der Waals surface area contributed by atoms with Crippen molar-refractivity contribution in [1.82, 2.24) is 0 Å². The van der Waals surface area contributed by atoms with E-state index >= 15 is 0 Å². The predicted octanol–water partition coefficient (Wildman–Crippen LogP) is 4.82. The topological polar surface area (TPSA) is 40.5 Å². The van der Waals surface area contributed by atoms with Crippen molar-refractivity contribution in [3.05, 3.63) is 71.8 Å². The molecule has 0 amide bonds. The van der Waals surface area contributed by atoms with Gasteiger partial charge in [0.1, 0.15) is 0 Å². The first kappa shape index (κ1) is 16.4. The molecule has 0 saturated carbocycles. The summed E-state index contributed by atoms with van der Waals surface area (Å²) >= 11 is 0. The summed E-state index contributed by atoms with van der Waals surface area (Å²) in [6.45, 7) is 6.49. The summed E-state index contributed by atoms with van der Waals surface area (Å²) in [5, 5.41) is 12.0. The Morgan fingerprint density at radius 3 is 1.33 bits per heavy atom. The predicted molar refractivity (Wildman–Crippen MR) is 77.0 cm³/mol. The van der Waals surface area contributed by atoms with Crippen LogP contribution >= 0.6 is 0 Å². The van der Waals surface area contributed by atoms with Gasteiger partial charge in [0, 0.05) is 0 Å². The van der Waals surface area contributed by atoms with Crippen molar-refractivity contribution in [3.8, 4) is 0 Å². The molecule has 0 unspecified atom stereocenters. The summed E-state index contributed by atoms with van der Waals surface area (Å²) < 4.78 is 0. The third kappa shape index (κ3) is 7.60. The van der Waals surface area contributed by atoms with E-state index in [-0.39, 0.29) is 0 Å². The summed E-state index contributed by atoms with van der Waals surface area (Å²) in [6, 6.07) is 20.8. The second kappa shape index (κ2) is 10.5. The monoisotopic (exact) mass is 246 g/mol. The molecule has 2 nitrogen and oxygen atoms in total. The van der Waals surface area contributed by atoms with Crippen molar-refractivity contribution >= 4 is 0 Å². The van der Waals surface area contributed by atoms with Gasteiger partial charge in [-0.05, 0) is 18.4 Å². The number of hydrogen-bond donors (Lipinski definition) is 2. The molecule has 2 N–H and O–H groups in total. The number of rotatable bonds is 1. The van der Waals surface area contributed by atoms with E-state index in [1.165, 1.54) is 11.1 Å². The third-order valence-electron chi connectivity index (χ3n) is 2.41. The van der Waals surface area contributed by atoms with Crippen LogP contribution in [-0.4, -0.2) is 10.5 Å². The highest BCUT2D eigenvalue weighted by molar-refractivity contribution is 5.17. The Kier molecular flexibility index (Phi) is 9.55. The van der Waals surface area contributed by atoms with Crippen molar-refractivity contribution in [3.63, 3.8) is 0 Å². The van der Waals surface area contributed by atoms with E-state index in [4.69, 9.17) is 10.5 Å². The first-order chi connectivity index (χ1) is 8.70. The first-order valence-corrected chi connectivity index (χ1v) is 5.96. The Morgan fingerprint density at radius 1 is 0.722 bits per heavy atom. The fourth-order valence-electron chi connectivity index (χ4n) is 1.37. The molecular weight excluding hydrogens is 224 g/mol. The zero-order valence-corrected chi connectivity index (χ0v) is 11.2. The SMILES string of the molecule is CC(C)c1ccccc1.Cc1ccccc1.OO. The van der Waals surface area contributed by atoms with E-state index in [0.29, 0.717) is 5.92 Å². The molecule has 0 bridgehead atoms. The maximum Gasteiger partial charge on any atom is -0.0219 e. The van der Waals surface area contributed by atoms with Crippen LogP contribution in [0, 0.1) is 6.92 Å². The van der Waals surface area contributed by atoms with E-state index in [1.807, 2.05) is 24.3 Å². The van der Waals surface area contributed by atoms with Crippen LogP contribution < -0.4 is 0 Å². The normalized spacial score (nSPS) is 8.78. The lowest BCUT2D eigenvalue weighted by atomic mass is 10.0. The average molecular weight is 246 g/mol. The smallest absolute Gasteiger partial charge is 0.0219 e. The highest BCUT2D eigenvalue weighted by atomic mass is 17.0. The number of benzene rings is 2. The van der Waals surface area contributed by atoms with Crippen LogP contribution in [0.5, 0.6) is 0 Å². The Balaban J connectivity index is 0.000000289. The maximum atomic E-state index is 6.00. The third-order valence-corrected chi connectivity index (χ3v) is 2.41. The van der Waals surface area contributed by atoms with Crippen LogP contribution in [0.15, 0.2) is 60.7 Å². The van der Waals surface area contributed by atoms with Gasteiger partial charge in [-0.15, -0.1) is 0 Å². The fourth-order valence-corrected chi connectivity index (χ4v) is 1.37. The fraction of sp³-hybridized carbons (Fsp3) is 0.250. The molecule has 0 aliphatic carbocycles. The molecule has 0 aromatic heterocycles. The van der Waals surface area contributed by atoms with Crippen molar-refractivity contribution in [2.24, 2.45) is 0 Å². The highest BCUT2D eigenvalue weighted by Gasteiger charge is 1.93. The minimum atomic E-state index is 0.659. The Bertz CT molecular complexity index is 382. The van der Waals surface area contributed by atoms with Gasteiger partial charge >= 0.3 is 0 Å². The van der Waals surface area contributed by atoms with Crippen LogP contribution in [0.25, 0.3) is 0 Å². The maximum absolute atomic E-state index is 6.00. The molecule has 0 fully saturated rings. The highest BCUT2D eigenvalue weighted by Crippen LogP contribution is 2.11. The number of aryl methyl sites for hydroxylation is 1. The van der Waals surface area contributed by atoms with Gasteiger partial charge in [-0.25, -0.2) is 0 Å². The molecule has 2 heteroatoms. The molecule has 0 saturated heterocycles. The van der Waals surface area contributed by atoms with E-state index in [9.17, 15) is 0 Å². The summed E-state index contributed by atoms with van der Waals surface area (Å²) in [5.41, 5.74) is 2.74. The molecule has 2 aromatic carbocycles. The second-order valence-corrected chi connectivity index (χ2v) is 4.22. The van der Waals surface area contributed by atoms with Crippen LogP contribution in [0.3, 0.4) is 0 Å². The molecule has 0 spiro atoms. The lowest BCUT2D eigenvalue weighted by molar-refractivity contribution is -0.176. The van der Waals surface area contributed by atoms with Crippen molar-refractivity contribution in [2.75, 3.05) is 0 Å². The largest absolute Gasteiger partial charge is 0.255 e. The molecular formula is C16H22O2. The molecule has 0 heterocycles. The van der Waals surface area contributed by atoms with Gasteiger partial charge in [0.25, 0.3) is 0 Å². The van der Waals surface area contributed by atoms with E-state index in [0.717, 1.165) is 0 Å². The van der Waals surface area contributed by atoms with Gasteiger partial charge in [0.05, 0.1) is 0 Å². The van der Waals surface area contributed by atoms with Crippen LogP contribution in [-0.2, 0) is 0 Å². The summed E-state index contributed by atoms with van der Waals surface area (Å²) in [4.78, 5) is 0. The minimum Gasteiger partial charge on any atom is -0.255 e. The zero-order valence-electron chi connectivity index (χ0n) is 11.2. The lowest BCUT2D eigenvalue weighted by Gasteiger charge is -2.01. The summed E-state index contributed by atoms with van der Waals surface area (Å²) in [5.74, 6) is 0.659. The quantitative estimate of drug-likeness (QED) is 0.559. The van der Waals surface area contributed by atoms with Gasteiger partial charge in [-0.3, -0.25) is 10.5 Å². The number of hydrogen-bond acceptors (Lipinski definition) is 2. The molecule has 0 aliphatic rings. The van der Waals surface area contributed by atoms with Crippen molar-refractivity contribution < 1.29 is 10.5 Å². The molecule has 0 atom stereocenters. The van der Waals surface area contributed by atoms with Crippen molar-refractivity contribution in [2.45, 2.75) is 26.7 Å². The lowest BCUT2D eigenvalue weighted by Crippen LogP contribution is -1.83. The summed E-state index contributed by atoms with van der Waals surface area (Å²) in [6.07, 6.45) is 0. The van der Waals surface area contributed by atoms with Gasteiger partial charge in [-0.1, -0.05) is 80.1 Å². The molecule has 98 valence electrons. The standard InChI is InChI=1S/C9H12.C7H8.H2O2/c1-8(2)9-6-4-3-5-7-9;1-7-5-3-2-4-6-7;1-2/h3-8H,1-2H3;2-6H,1H3;1-2H. The van der Waals surface area contributed by atoms with E-state index < -0.39 is 0 Å². The molecule has 18 heavy (non-hydrogen) atoms. The second-order valence-electron chi connectivity index (χ2n) is 4.22. The van der Waals surface area contributed by atoms with E-state index in [2.05, 4.69) is 57.2 Å². The van der Waals surface area contributed by atoms with Crippen LogP contribution in [0.2, 0.25) is 0 Å². The minimum absolute atomic E-state index is 0.659.